The van der Waals surface area contributed by atoms with Gasteiger partial charge in [-0.3, -0.25) is 18.6 Å². The molecule has 218 valence electrons. The number of phosphoric acid groups is 1. The molecule has 0 aliphatic rings. The van der Waals surface area contributed by atoms with Gasteiger partial charge in [-0.15, -0.1) is 0 Å². The van der Waals surface area contributed by atoms with Crippen LogP contribution < -0.4 is 0 Å². The summed E-state index contributed by atoms with van der Waals surface area (Å²) in [5.74, 6) is -0.912. The molecule has 2 atom stereocenters. The van der Waals surface area contributed by atoms with Crippen LogP contribution in [0.2, 0.25) is 0 Å². The van der Waals surface area contributed by atoms with Crippen LogP contribution in [-0.4, -0.2) is 74.9 Å². The minimum absolute atomic E-state index is 0.0297. The van der Waals surface area contributed by atoms with Crippen molar-refractivity contribution in [1.82, 2.24) is 0 Å². The molecule has 0 aliphatic heterocycles. The molecular formula is C27H53NO8P+. The quantitative estimate of drug-likeness (QED) is 0.0517. The molecular weight excluding hydrogens is 497 g/mol. The van der Waals surface area contributed by atoms with Gasteiger partial charge in [0, 0.05) is 12.8 Å². The monoisotopic (exact) mass is 550 g/mol. The largest absolute Gasteiger partial charge is 0.472 e. The number of phosphoric ester groups is 1. The molecule has 10 heteroatoms. The second kappa shape index (κ2) is 21.7. The summed E-state index contributed by atoms with van der Waals surface area (Å²) in [4.78, 5) is 33.7. The van der Waals surface area contributed by atoms with Crippen LogP contribution in [-0.2, 0) is 32.7 Å². The molecule has 0 spiro atoms. The fraction of sp³-hybridized carbons (Fsp3) is 0.852. The molecule has 0 aliphatic carbocycles. The zero-order valence-corrected chi connectivity index (χ0v) is 24.8. The average Bonchev–Trinajstić information content (AvgIpc) is 2.82. The molecule has 0 saturated carbocycles. The lowest BCUT2D eigenvalue weighted by Crippen LogP contribution is -2.37. The van der Waals surface area contributed by atoms with Crippen LogP contribution in [0.25, 0.3) is 0 Å². The van der Waals surface area contributed by atoms with E-state index in [2.05, 4.69) is 19.1 Å². The third-order valence-corrected chi connectivity index (χ3v) is 6.58. The van der Waals surface area contributed by atoms with E-state index in [4.69, 9.17) is 18.5 Å². The summed E-state index contributed by atoms with van der Waals surface area (Å²) in [6.07, 6.45) is 16.4. The molecule has 0 amide bonds. The first-order valence-electron chi connectivity index (χ1n) is 13.9. The minimum atomic E-state index is -4.33. The number of allylic oxidation sites excluding steroid dienone is 2. The number of carbonyl (C=O) groups is 2. The summed E-state index contributed by atoms with van der Waals surface area (Å²) < 4.78 is 33.1. The van der Waals surface area contributed by atoms with Gasteiger partial charge in [-0.2, -0.15) is 0 Å². The molecule has 1 N–H and O–H groups in total. The van der Waals surface area contributed by atoms with Gasteiger partial charge in [0.2, 0.25) is 0 Å². The van der Waals surface area contributed by atoms with Crippen LogP contribution in [0.15, 0.2) is 12.2 Å². The predicted molar refractivity (Wildman–Crippen MR) is 146 cm³/mol. The van der Waals surface area contributed by atoms with Crippen molar-refractivity contribution in [3.8, 4) is 0 Å². The molecule has 0 aromatic heterocycles. The Morgan fingerprint density at radius 2 is 1.43 bits per heavy atom. The van der Waals surface area contributed by atoms with Gasteiger partial charge in [-0.25, -0.2) is 4.57 Å². The van der Waals surface area contributed by atoms with E-state index in [0.29, 0.717) is 17.4 Å². The zero-order chi connectivity index (χ0) is 28.0. The molecule has 0 aromatic rings. The summed E-state index contributed by atoms with van der Waals surface area (Å²) in [5, 5.41) is 0. The summed E-state index contributed by atoms with van der Waals surface area (Å²) in [5.41, 5.74) is 0. The van der Waals surface area contributed by atoms with E-state index in [0.717, 1.165) is 32.1 Å². The van der Waals surface area contributed by atoms with Crippen molar-refractivity contribution in [2.24, 2.45) is 0 Å². The van der Waals surface area contributed by atoms with E-state index < -0.39 is 32.5 Å². The highest BCUT2D eigenvalue weighted by Crippen LogP contribution is 2.43. The molecule has 0 bridgehead atoms. The number of unbranched alkanes of at least 4 members (excludes halogenated alkanes) is 9. The van der Waals surface area contributed by atoms with Crippen LogP contribution in [0.5, 0.6) is 0 Å². The molecule has 0 saturated heterocycles. The van der Waals surface area contributed by atoms with Crippen molar-refractivity contribution >= 4 is 19.8 Å². The zero-order valence-electron chi connectivity index (χ0n) is 24.0. The van der Waals surface area contributed by atoms with Crippen LogP contribution >= 0.6 is 7.82 Å². The van der Waals surface area contributed by atoms with Crippen molar-refractivity contribution in [2.45, 2.75) is 103 Å². The standard InChI is InChI=1S/C27H52NO8P/c1-6-8-9-10-11-12-13-14-15-16-17-18-19-20-27(30)36-25(23-33-26(29)7-2)24-35-37(31,32)34-22-21-28(3,4)5/h12-13,25H,6-11,14-24H2,1-5H3/p+1/b13-12-. The Balaban J connectivity index is 4.23. The lowest BCUT2D eigenvalue weighted by atomic mass is 10.1. The van der Waals surface area contributed by atoms with Crippen molar-refractivity contribution < 1.29 is 42.1 Å². The number of likely N-dealkylation sites (N-methyl/N-ethyl adjacent to an activating group) is 1. The first-order valence-corrected chi connectivity index (χ1v) is 15.4. The molecule has 0 heterocycles. The molecule has 0 rings (SSSR count). The molecule has 0 fully saturated rings. The molecule has 9 nitrogen and oxygen atoms in total. The Morgan fingerprint density at radius 3 is 2.03 bits per heavy atom. The Morgan fingerprint density at radius 1 is 0.838 bits per heavy atom. The van der Waals surface area contributed by atoms with Gasteiger partial charge in [0.05, 0.1) is 27.7 Å². The van der Waals surface area contributed by atoms with Crippen LogP contribution in [0, 0.1) is 0 Å². The fourth-order valence-electron chi connectivity index (χ4n) is 3.28. The Kier molecular flexibility index (Phi) is 20.9. The van der Waals surface area contributed by atoms with Crippen LogP contribution in [0.4, 0.5) is 0 Å². The van der Waals surface area contributed by atoms with Crippen molar-refractivity contribution in [3.63, 3.8) is 0 Å². The van der Waals surface area contributed by atoms with E-state index in [1.165, 1.54) is 32.1 Å². The van der Waals surface area contributed by atoms with E-state index in [1.807, 2.05) is 21.1 Å². The molecule has 37 heavy (non-hydrogen) atoms. The van der Waals surface area contributed by atoms with Crippen molar-refractivity contribution in [2.75, 3.05) is 47.5 Å². The Labute approximate surface area is 225 Å². The second-order valence-corrected chi connectivity index (χ2v) is 11.8. The Bertz CT molecular complexity index is 678. The number of rotatable bonds is 24. The number of ether oxygens (including phenoxy) is 2. The average molecular weight is 551 g/mol. The summed E-state index contributed by atoms with van der Waals surface area (Å²) in [7, 11) is 1.46. The van der Waals surface area contributed by atoms with Crippen LogP contribution in [0.1, 0.15) is 97.3 Å². The third kappa shape index (κ3) is 24.8. The smallest absolute Gasteiger partial charge is 0.462 e. The highest BCUT2D eigenvalue weighted by Gasteiger charge is 2.26. The number of hydrogen-bond acceptors (Lipinski definition) is 7. The summed E-state index contributed by atoms with van der Waals surface area (Å²) in [6.45, 7) is 3.75. The van der Waals surface area contributed by atoms with E-state index in [1.54, 1.807) is 6.92 Å². The molecule has 2 unspecified atom stereocenters. The lowest BCUT2D eigenvalue weighted by Gasteiger charge is -2.24. The maximum atomic E-state index is 12.3. The predicted octanol–water partition coefficient (Wildman–Crippen LogP) is 5.95. The maximum absolute atomic E-state index is 12.3. The fourth-order valence-corrected chi connectivity index (χ4v) is 4.02. The number of nitrogens with zero attached hydrogens (tertiary/aromatic N) is 1. The number of esters is 2. The third-order valence-electron chi connectivity index (χ3n) is 5.60. The number of quaternary nitrogens is 1. The lowest BCUT2D eigenvalue weighted by molar-refractivity contribution is -0.870. The first kappa shape index (κ1) is 35.8. The van der Waals surface area contributed by atoms with Gasteiger partial charge < -0.3 is 18.9 Å². The normalized spacial score (nSPS) is 14.4. The topological polar surface area (TPSA) is 108 Å². The van der Waals surface area contributed by atoms with Gasteiger partial charge in [-0.05, 0) is 32.1 Å². The maximum Gasteiger partial charge on any atom is 0.472 e. The van der Waals surface area contributed by atoms with E-state index in [-0.39, 0.29) is 26.1 Å². The second-order valence-electron chi connectivity index (χ2n) is 10.4. The minimum Gasteiger partial charge on any atom is -0.462 e. The highest BCUT2D eigenvalue weighted by atomic mass is 31.2. The van der Waals surface area contributed by atoms with Gasteiger partial charge in [0.15, 0.2) is 6.10 Å². The SMILES string of the molecule is CCCCCC/C=C\CCCCCCCC(=O)OC(COC(=O)CC)COP(=O)(O)OCC[N+](C)(C)C. The van der Waals surface area contributed by atoms with Crippen LogP contribution in [0.3, 0.4) is 0 Å². The van der Waals surface area contributed by atoms with E-state index >= 15 is 0 Å². The van der Waals surface area contributed by atoms with Crippen molar-refractivity contribution in [3.05, 3.63) is 12.2 Å². The van der Waals surface area contributed by atoms with Gasteiger partial charge in [0.1, 0.15) is 19.8 Å². The first-order chi connectivity index (χ1) is 17.5. The highest BCUT2D eigenvalue weighted by molar-refractivity contribution is 7.47. The number of hydrogen-bond donors (Lipinski definition) is 1. The summed E-state index contributed by atoms with van der Waals surface area (Å²) in [6, 6.07) is 0. The number of carbonyl (C=O) groups excluding carboxylic acids is 2. The van der Waals surface area contributed by atoms with Gasteiger partial charge in [0.25, 0.3) is 0 Å². The van der Waals surface area contributed by atoms with Gasteiger partial charge in [-0.1, -0.05) is 64.5 Å². The van der Waals surface area contributed by atoms with Gasteiger partial charge >= 0.3 is 19.8 Å². The summed E-state index contributed by atoms with van der Waals surface area (Å²) >= 11 is 0. The van der Waals surface area contributed by atoms with E-state index in [9.17, 15) is 19.0 Å². The Hall–Kier alpha value is -1.25. The van der Waals surface area contributed by atoms with Crippen molar-refractivity contribution in [1.29, 1.82) is 0 Å². The molecule has 0 radical (unpaired) electrons. The molecule has 0 aromatic carbocycles.